The van der Waals surface area contributed by atoms with Crippen molar-refractivity contribution < 1.29 is 4.79 Å². The Bertz CT molecular complexity index is 1020. The van der Waals surface area contributed by atoms with Gasteiger partial charge in [-0.15, -0.1) is 0 Å². The molecule has 3 aromatic rings. The van der Waals surface area contributed by atoms with Gasteiger partial charge in [-0.3, -0.25) is 9.80 Å². The maximum Gasteiger partial charge on any atom is 0.255 e. The van der Waals surface area contributed by atoms with E-state index in [1.807, 2.05) is 81.6 Å². The molecule has 5 nitrogen and oxygen atoms in total. The topological polar surface area (TPSA) is 56.7 Å². The van der Waals surface area contributed by atoms with Gasteiger partial charge in [0.2, 0.25) is 0 Å². The number of nitrogens with zero attached hydrogens (tertiary/aromatic N) is 2. The summed E-state index contributed by atoms with van der Waals surface area (Å²) in [7, 11) is 0. The average molecular weight is 443 g/mol. The third-order valence-electron chi connectivity index (χ3n) is 4.68. The Morgan fingerprint density at radius 2 is 1.67 bits per heavy atom. The smallest absolute Gasteiger partial charge is 0.255 e. The molecule has 0 unspecified atom stereocenters. The van der Waals surface area contributed by atoms with Crippen LogP contribution in [0.5, 0.6) is 0 Å². The maximum atomic E-state index is 12.6. The fourth-order valence-electron chi connectivity index (χ4n) is 3.12. The zero-order chi connectivity index (χ0) is 23.9. The summed E-state index contributed by atoms with van der Waals surface area (Å²) in [5.41, 5.74) is 4.48. The lowest BCUT2D eigenvalue weighted by Gasteiger charge is -2.18. The van der Waals surface area contributed by atoms with Crippen LogP contribution in [-0.4, -0.2) is 30.2 Å². The quantitative estimate of drug-likeness (QED) is 0.266. The van der Waals surface area contributed by atoms with Gasteiger partial charge in [-0.2, -0.15) is 5.10 Å². The molecule has 33 heavy (non-hydrogen) atoms. The summed E-state index contributed by atoms with van der Waals surface area (Å²) in [6.07, 6.45) is 4.44. The summed E-state index contributed by atoms with van der Waals surface area (Å²) >= 11 is 0. The van der Waals surface area contributed by atoms with Crippen molar-refractivity contribution in [3.8, 4) is 11.1 Å². The highest BCUT2D eigenvalue weighted by Gasteiger charge is 2.10. The number of rotatable bonds is 10. The van der Waals surface area contributed by atoms with Crippen molar-refractivity contribution in [1.29, 1.82) is 0 Å². The molecule has 0 heterocycles. The number of carbonyl (C=O) groups is 1. The highest BCUT2D eigenvalue weighted by atomic mass is 16.1. The van der Waals surface area contributed by atoms with Gasteiger partial charge in [0.1, 0.15) is 0 Å². The molecule has 1 amide bonds. The molecular weight excluding hydrogens is 408 g/mol. The van der Waals surface area contributed by atoms with Crippen LogP contribution in [0.25, 0.3) is 11.1 Å². The Hall–Kier alpha value is -3.86. The van der Waals surface area contributed by atoms with Crippen molar-refractivity contribution in [3.63, 3.8) is 0 Å². The fraction of sp³-hybridized carbons (Fsp3) is 0.214. The summed E-state index contributed by atoms with van der Waals surface area (Å²) in [5.74, 6) is -0.134. The van der Waals surface area contributed by atoms with Crippen LogP contribution >= 0.6 is 0 Å². The largest absolute Gasteiger partial charge is 0.383 e. The summed E-state index contributed by atoms with van der Waals surface area (Å²) in [5, 5.41) is 12.6. The van der Waals surface area contributed by atoms with E-state index < -0.39 is 0 Å². The van der Waals surface area contributed by atoms with Gasteiger partial charge < -0.3 is 10.6 Å². The molecule has 0 fully saturated rings. The molecule has 3 aromatic carbocycles. The maximum absolute atomic E-state index is 12.6. The normalized spacial score (nSPS) is 10.2. The van der Waals surface area contributed by atoms with Crippen LogP contribution in [0, 0.1) is 0 Å². The van der Waals surface area contributed by atoms with Crippen LogP contribution in [0.2, 0.25) is 0 Å². The Morgan fingerprint density at radius 1 is 1.00 bits per heavy atom. The molecule has 0 aliphatic carbocycles. The average Bonchev–Trinajstić information content (AvgIpc) is 2.88. The van der Waals surface area contributed by atoms with Crippen molar-refractivity contribution in [2.45, 2.75) is 27.2 Å². The standard InChI is InChI=1S/C26H28N4O.C2H6/c1-3-17-28-30(4-2)19-18-27-25-20-23(29-26(31)22-13-9-6-10-14-22)15-16-24(25)21-11-7-5-8-12-21;1-2/h4-17,20,27H,2-3,18-19H2,1H3,(H,29,31);1-2H3/b28-17-;. The van der Waals surface area contributed by atoms with Crippen LogP contribution in [0.3, 0.4) is 0 Å². The predicted octanol–water partition coefficient (Wildman–Crippen LogP) is 6.89. The van der Waals surface area contributed by atoms with Gasteiger partial charge in [0.15, 0.2) is 0 Å². The van der Waals surface area contributed by atoms with Gasteiger partial charge in [-0.25, -0.2) is 0 Å². The van der Waals surface area contributed by atoms with Gasteiger partial charge in [0.25, 0.3) is 5.91 Å². The molecule has 0 spiro atoms. The van der Waals surface area contributed by atoms with Crippen molar-refractivity contribution in [1.82, 2.24) is 5.01 Å². The minimum absolute atomic E-state index is 0.134. The first-order chi connectivity index (χ1) is 16.2. The van der Waals surface area contributed by atoms with Gasteiger partial charge in [-0.05, 0) is 36.2 Å². The van der Waals surface area contributed by atoms with E-state index in [1.54, 1.807) is 23.3 Å². The molecule has 0 saturated carbocycles. The molecule has 0 aliphatic heterocycles. The van der Waals surface area contributed by atoms with E-state index in [2.05, 4.69) is 34.4 Å². The molecule has 2 N–H and O–H groups in total. The van der Waals surface area contributed by atoms with Crippen LogP contribution in [0.1, 0.15) is 37.6 Å². The number of nitrogens with one attached hydrogen (secondary N) is 2. The monoisotopic (exact) mass is 442 g/mol. The summed E-state index contributed by atoms with van der Waals surface area (Å²) in [4.78, 5) is 12.6. The minimum Gasteiger partial charge on any atom is -0.383 e. The van der Waals surface area contributed by atoms with Gasteiger partial charge in [-0.1, -0.05) is 81.9 Å². The number of anilines is 2. The van der Waals surface area contributed by atoms with Gasteiger partial charge in [0.05, 0.1) is 6.54 Å². The molecule has 5 heteroatoms. The van der Waals surface area contributed by atoms with E-state index in [1.165, 1.54) is 0 Å². The van der Waals surface area contributed by atoms with E-state index in [-0.39, 0.29) is 5.91 Å². The first-order valence-electron chi connectivity index (χ1n) is 11.4. The predicted molar refractivity (Wildman–Crippen MR) is 142 cm³/mol. The van der Waals surface area contributed by atoms with Crippen LogP contribution in [-0.2, 0) is 0 Å². The molecule has 0 radical (unpaired) electrons. The third-order valence-corrected chi connectivity index (χ3v) is 4.68. The molecule has 0 saturated heterocycles. The number of hydrazone groups is 1. The Morgan fingerprint density at radius 3 is 2.30 bits per heavy atom. The molecule has 0 atom stereocenters. The van der Waals surface area contributed by atoms with Crippen LogP contribution < -0.4 is 10.6 Å². The van der Waals surface area contributed by atoms with E-state index in [0.717, 1.165) is 28.9 Å². The van der Waals surface area contributed by atoms with E-state index >= 15 is 0 Å². The third kappa shape index (κ3) is 7.96. The van der Waals surface area contributed by atoms with Crippen LogP contribution in [0.15, 0.2) is 96.7 Å². The number of hydrogen-bond donors (Lipinski definition) is 2. The summed E-state index contributed by atoms with van der Waals surface area (Å²) in [6.45, 7) is 11.2. The number of benzene rings is 3. The Kier molecular flexibility index (Phi) is 11.0. The second-order valence-electron chi connectivity index (χ2n) is 6.93. The molecule has 172 valence electrons. The highest BCUT2D eigenvalue weighted by molar-refractivity contribution is 6.04. The zero-order valence-corrected chi connectivity index (χ0v) is 19.8. The number of amides is 1. The van der Waals surface area contributed by atoms with E-state index in [4.69, 9.17) is 0 Å². The Labute approximate surface area is 197 Å². The number of hydrogen-bond acceptors (Lipinski definition) is 4. The zero-order valence-electron chi connectivity index (χ0n) is 19.8. The lowest BCUT2D eigenvalue weighted by molar-refractivity contribution is 0.102. The van der Waals surface area contributed by atoms with Crippen LogP contribution in [0.4, 0.5) is 11.4 Å². The SMILES string of the molecule is C=CN(CCNc1cc(NC(=O)c2ccccc2)ccc1-c1ccccc1)/N=C\CC.CC. The van der Waals surface area contributed by atoms with E-state index in [0.29, 0.717) is 18.7 Å². The van der Waals surface area contributed by atoms with Crippen molar-refractivity contribution in [3.05, 3.63) is 97.2 Å². The molecule has 0 aromatic heterocycles. The number of carbonyl (C=O) groups excluding carboxylic acids is 1. The van der Waals surface area contributed by atoms with Gasteiger partial charge >= 0.3 is 0 Å². The molecule has 3 rings (SSSR count). The lowest BCUT2D eigenvalue weighted by Crippen LogP contribution is -2.20. The first kappa shape index (κ1) is 25.4. The van der Waals surface area contributed by atoms with Crippen molar-refractivity contribution in [2.24, 2.45) is 5.10 Å². The fourth-order valence-corrected chi connectivity index (χ4v) is 3.12. The summed E-state index contributed by atoms with van der Waals surface area (Å²) in [6, 6.07) is 25.3. The van der Waals surface area contributed by atoms with E-state index in [9.17, 15) is 4.79 Å². The highest BCUT2D eigenvalue weighted by Crippen LogP contribution is 2.30. The van der Waals surface area contributed by atoms with Crippen molar-refractivity contribution >= 4 is 23.5 Å². The molecular formula is C28H34N4O. The molecule has 0 aliphatic rings. The Balaban J connectivity index is 0.00000187. The van der Waals surface area contributed by atoms with Gasteiger partial charge in [0, 0.05) is 41.5 Å². The molecule has 0 bridgehead atoms. The van der Waals surface area contributed by atoms with Crippen molar-refractivity contribution in [2.75, 3.05) is 23.7 Å². The second kappa shape index (κ2) is 14.2. The lowest BCUT2D eigenvalue weighted by atomic mass is 10.0. The first-order valence-corrected chi connectivity index (χ1v) is 11.4. The second-order valence-corrected chi connectivity index (χ2v) is 6.93. The summed E-state index contributed by atoms with van der Waals surface area (Å²) < 4.78 is 0. The minimum atomic E-state index is -0.134.